The van der Waals surface area contributed by atoms with Crippen LogP contribution in [-0.4, -0.2) is 5.78 Å². The Labute approximate surface area is 154 Å². The van der Waals surface area contributed by atoms with Gasteiger partial charge in [0.2, 0.25) is 0 Å². The van der Waals surface area contributed by atoms with Crippen LogP contribution in [0.15, 0.2) is 88.9 Å². The van der Waals surface area contributed by atoms with E-state index >= 15 is 0 Å². The van der Waals surface area contributed by atoms with Crippen molar-refractivity contribution in [3.63, 3.8) is 0 Å². The summed E-state index contributed by atoms with van der Waals surface area (Å²) in [6.45, 7) is 0. The van der Waals surface area contributed by atoms with E-state index in [0.717, 1.165) is 15.6 Å². The molecule has 122 valence electrons. The van der Waals surface area contributed by atoms with E-state index in [4.69, 9.17) is 4.74 Å². The van der Waals surface area contributed by atoms with E-state index in [0.29, 0.717) is 16.9 Å². The predicted molar refractivity (Wildman–Crippen MR) is 103 cm³/mol. The Balaban J connectivity index is 1.85. The highest BCUT2D eigenvalue weighted by atomic mass is 79.9. The van der Waals surface area contributed by atoms with Crippen molar-refractivity contribution >= 4 is 27.8 Å². The van der Waals surface area contributed by atoms with Crippen LogP contribution in [0.2, 0.25) is 0 Å². The largest absolute Gasteiger partial charge is 0.480 e. The molecule has 1 atom stereocenters. The van der Waals surface area contributed by atoms with E-state index in [2.05, 4.69) is 15.9 Å². The molecule has 0 bridgehead atoms. The maximum absolute atomic E-state index is 13.1. The summed E-state index contributed by atoms with van der Waals surface area (Å²) >= 11 is 3.44. The number of halogens is 1. The van der Waals surface area contributed by atoms with Gasteiger partial charge in [0, 0.05) is 10.0 Å². The van der Waals surface area contributed by atoms with Crippen LogP contribution in [0.4, 0.5) is 0 Å². The zero-order valence-electron chi connectivity index (χ0n) is 13.4. The number of carbonyl (C=O) groups excluding carboxylic acids is 1. The lowest BCUT2D eigenvalue weighted by Gasteiger charge is -2.28. The van der Waals surface area contributed by atoms with E-state index < -0.39 is 6.10 Å². The highest BCUT2D eigenvalue weighted by Crippen LogP contribution is 2.39. The van der Waals surface area contributed by atoms with Crippen LogP contribution in [0.25, 0.3) is 6.08 Å². The molecule has 0 fully saturated rings. The van der Waals surface area contributed by atoms with Gasteiger partial charge in [0.15, 0.2) is 11.9 Å². The van der Waals surface area contributed by atoms with Crippen LogP contribution in [0.1, 0.15) is 27.6 Å². The summed E-state index contributed by atoms with van der Waals surface area (Å²) in [6, 6.07) is 25.1. The molecule has 1 aliphatic heterocycles. The first-order chi connectivity index (χ1) is 12.2. The molecule has 0 amide bonds. The molecule has 3 aromatic carbocycles. The number of benzene rings is 3. The summed E-state index contributed by atoms with van der Waals surface area (Å²) in [5.74, 6) is 0.646. The molecule has 0 spiro atoms. The van der Waals surface area contributed by atoms with E-state index in [1.54, 1.807) is 0 Å². The highest BCUT2D eigenvalue weighted by Gasteiger charge is 2.32. The fraction of sp³-hybridized carbons (Fsp3) is 0.0455. The quantitative estimate of drug-likeness (QED) is 0.513. The van der Waals surface area contributed by atoms with Gasteiger partial charge < -0.3 is 4.74 Å². The summed E-state index contributed by atoms with van der Waals surface area (Å²) < 4.78 is 7.20. The Morgan fingerprint density at radius 2 is 1.52 bits per heavy atom. The van der Waals surface area contributed by atoms with Gasteiger partial charge in [-0.1, -0.05) is 70.5 Å². The van der Waals surface area contributed by atoms with Crippen LogP contribution in [-0.2, 0) is 0 Å². The van der Waals surface area contributed by atoms with Crippen LogP contribution in [0.3, 0.4) is 0 Å². The van der Waals surface area contributed by atoms with Crippen molar-refractivity contribution < 1.29 is 9.53 Å². The standard InChI is InChI=1S/C22H15BrO2/c23-17-12-10-15(11-13-17)14-19-21(24)18-8-4-5-9-20(18)25-22(19)16-6-2-1-3-7-16/h1-14,22H/b19-14+/t22-/m1/s1. The van der Waals surface area contributed by atoms with Crippen molar-refractivity contribution in [3.8, 4) is 5.75 Å². The van der Waals surface area contributed by atoms with Crippen LogP contribution in [0, 0.1) is 0 Å². The van der Waals surface area contributed by atoms with Crippen LogP contribution >= 0.6 is 15.9 Å². The number of carbonyl (C=O) groups is 1. The molecule has 0 saturated carbocycles. The third kappa shape index (κ3) is 3.15. The summed E-state index contributed by atoms with van der Waals surface area (Å²) in [7, 11) is 0. The third-order valence-electron chi connectivity index (χ3n) is 4.22. The zero-order chi connectivity index (χ0) is 17.2. The molecule has 0 aliphatic carbocycles. The molecule has 4 rings (SSSR count). The summed E-state index contributed by atoms with van der Waals surface area (Å²) in [5.41, 5.74) is 3.19. The summed E-state index contributed by atoms with van der Waals surface area (Å²) in [4.78, 5) is 13.1. The molecule has 0 N–H and O–H groups in total. The molecule has 25 heavy (non-hydrogen) atoms. The second-order valence-electron chi connectivity index (χ2n) is 5.89. The van der Waals surface area contributed by atoms with Gasteiger partial charge in [0.05, 0.1) is 5.56 Å². The number of hydrogen-bond donors (Lipinski definition) is 0. The molecule has 1 aliphatic rings. The van der Waals surface area contributed by atoms with E-state index in [1.165, 1.54) is 0 Å². The van der Waals surface area contributed by atoms with Crippen molar-refractivity contribution in [3.05, 3.63) is 106 Å². The topological polar surface area (TPSA) is 26.3 Å². The van der Waals surface area contributed by atoms with Crippen LogP contribution in [0.5, 0.6) is 5.75 Å². The second-order valence-corrected chi connectivity index (χ2v) is 6.80. The maximum Gasteiger partial charge on any atom is 0.196 e. The van der Waals surface area contributed by atoms with E-state index in [9.17, 15) is 4.79 Å². The van der Waals surface area contributed by atoms with Gasteiger partial charge in [-0.05, 0) is 41.5 Å². The minimum atomic E-state index is -0.410. The van der Waals surface area contributed by atoms with Gasteiger partial charge in [0.1, 0.15) is 5.75 Å². The smallest absolute Gasteiger partial charge is 0.196 e. The van der Waals surface area contributed by atoms with Gasteiger partial charge in [-0.3, -0.25) is 4.79 Å². The molecule has 3 heteroatoms. The number of Topliss-reactive ketones (excluding diaryl/α,β-unsaturated/α-hetero) is 1. The molecule has 3 aromatic rings. The van der Waals surface area contributed by atoms with Crippen molar-refractivity contribution in [2.45, 2.75) is 6.10 Å². The summed E-state index contributed by atoms with van der Waals surface area (Å²) in [5, 5.41) is 0. The molecule has 0 aromatic heterocycles. The molecule has 0 saturated heterocycles. The first-order valence-electron chi connectivity index (χ1n) is 8.05. The maximum atomic E-state index is 13.1. The third-order valence-corrected chi connectivity index (χ3v) is 4.74. The Hall–Kier alpha value is -2.65. The number of para-hydroxylation sites is 1. The molecular weight excluding hydrogens is 376 g/mol. The molecule has 2 nitrogen and oxygen atoms in total. The number of rotatable bonds is 2. The van der Waals surface area contributed by atoms with Gasteiger partial charge in [-0.15, -0.1) is 0 Å². The lowest BCUT2D eigenvalue weighted by Crippen LogP contribution is -2.23. The fourth-order valence-electron chi connectivity index (χ4n) is 2.98. The Morgan fingerprint density at radius 1 is 0.840 bits per heavy atom. The average Bonchev–Trinajstić information content (AvgIpc) is 2.66. The van der Waals surface area contributed by atoms with E-state index in [-0.39, 0.29) is 5.78 Å². The van der Waals surface area contributed by atoms with Crippen LogP contribution < -0.4 is 4.74 Å². The minimum absolute atomic E-state index is 0.0126. The Kier molecular flexibility index (Phi) is 4.24. The minimum Gasteiger partial charge on any atom is -0.480 e. The molecule has 1 heterocycles. The van der Waals surface area contributed by atoms with Gasteiger partial charge in [0.25, 0.3) is 0 Å². The van der Waals surface area contributed by atoms with Crippen molar-refractivity contribution in [2.75, 3.05) is 0 Å². The molecule has 0 radical (unpaired) electrons. The van der Waals surface area contributed by atoms with Gasteiger partial charge >= 0.3 is 0 Å². The fourth-order valence-corrected chi connectivity index (χ4v) is 3.24. The SMILES string of the molecule is O=C1/C(=C\c2ccc(Br)cc2)[C@@H](c2ccccc2)Oc2ccccc21. The first kappa shape index (κ1) is 15.9. The zero-order valence-corrected chi connectivity index (χ0v) is 14.9. The lowest BCUT2D eigenvalue weighted by molar-refractivity contribution is 0.0963. The monoisotopic (exact) mass is 390 g/mol. The molecular formula is C22H15BrO2. The van der Waals surface area contributed by atoms with Crippen molar-refractivity contribution in [2.24, 2.45) is 0 Å². The average molecular weight is 391 g/mol. The lowest BCUT2D eigenvalue weighted by atomic mass is 9.89. The highest BCUT2D eigenvalue weighted by molar-refractivity contribution is 9.10. The van der Waals surface area contributed by atoms with E-state index in [1.807, 2.05) is 84.9 Å². The van der Waals surface area contributed by atoms with Gasteiger partial charge in [-0.2, -0.15) is 0 Å². The Bertz CT molecular complexity index is 943. The normalized spacial score (nSPS) is 17.9. The van der Waals surface area contributed by atoms with Crippen molar-refractivity contribution in [1.29, 1.82) is 0 Å². The number of fused-ring (bicyclic) bond motifs is 1. The number of hydrogen-bond acceptors (Lipinski definition) is 2. The molecule has 0 unspecified atom stereocenters. The summed E-state index contributed by atoms with van der Waals surface area (Å²) in [6.07, 6.45) is 1.51. The number of ether oxygens (including phenoxy) is 1. The predicted octanol–water partition coefficient (Wildman–Crippen LogP) is 5.85. The first-order valence-corrected chi connectivity index (χ1v) is 8.84. The van der Waals surface area contributed by atoms with Gasteiger partial charge in [-0.25, -0.2) is 0 Å². The second kappa shape index (κ2) is 6.69. The van der Waals surface area contributed by atoms with Crippen molar-refractivity contribution in [1.82, 2.24) is 0 Å². The Morgan fingerprint density at radius 3 is 2.28 bits per heavy atom. The number of ketones is 1.